The summed E-state index contributed by atoms with van der Waals surface area (Å²) in [5.74, 6) is -2.41. The van der Waals surface area contributed by atoms with Crippen LogP contribution in [0.2, 0.25) is 0 Å². The molecule has 2 aromatic carbocycles. The predicted octanol–water partition coefficient (Wildman–Crippen LogP) is 4.15. The van der Waals surface area contributed by atoms with Crippen molar-refractivity contribution in [2.24, 2.45) is 0 Å². The molecule has 0 radical (unpaired) electrons. The lowest BCUT2D eigenvalue weighted by Gasteiger charge is -2.12. The van der Waals surface area contributed by atoms with E-state index < -0.39 is 29.4 Å². The zero-order chi connectivity index (χ0) is 18.2. The monoisotopic (exact) mass is 349 g/mol. The van der Waals surface area contributed by atoms with Crippen molar-refractivity contribution in [1.82, 2.24) is 4.90 Å². The average Bonchev–Trinajstić information content (AvgIpc) is 2.79. The Balaban J connectivity index is 1.83. The van der Waals surface area contributed by atoms with Gasteiger partial charge in [-0.3, -0.25) is 14.5 Å². The van der Waals surface area contributed by atoms with Gasteiger partial charge in [-0.25, -0.2) is 4.39 Å². The number of rotatable bonds is 3. The molecule has 1 aliphatic rings. The van der Waals surface area contributed by atoms with Gasteiger partial charge < -0.3 is 0 Å². The number of carbonyl (C=O) groups is 2. The third-order valence-corrected chi connectivity index (χ3v) is 3.79. The summed E-state index contributed by atoms with van der Waals surface area (Å²) in [6.45, 7) is -0.208. The van der Waals surface area contributed by atoms with Gasteiger partial charge in [0.2, 0.25) is 0 Å². The fourth-order valence-electron chi connectivity index (χ4n) is 2.67. The molecule has 3 nitrogen and oxygen atoms in total. The van der Waals surface area contributed by atoms with Gasteiger partial charge in [-0.05, 0) is 23.8 Å². The van der Waals surface area contributed by atoms with Crippen LogP contribution in [-0.2, 0) is 6.18 Å². The van der Waals surface area contributed by atoms with Gasteiger partial charge in [0.15, 0.2) is 0 Å². The summed E-state index contributed by atoms with van der Waals surface area (Å²) in [6, 6.07) is 9.25. The minimum Gasteiger partial charge on any atom is -0.270 e. The quantitative estimate of drug-likeness (QED) is 0.617. The molecule has 0 aromatic heterocycles. The van der Waals surface area contributed by atoms with E-state index in [0.717, 1.165) is 29.2 Å². The van der Waals surface area contributed by atoms with Crippen molar-refractivity contribution in [3.63, 3.8) is 0 Å². The van der Waals surface area contributed by atoms with E-state index in [-0.39, 0.29) is 23.2 Å². The molecule has 0 unspecified atom stereocenters. The summed E-state index contributed by atoms with van der Waals surface area (Å²) in [7, 11) is 0. The van der Waals surface area contributed by atoms with Crippen LogP contribution in [0.5, 0.6) is 0 Å². The van der Waals surface area contributed by atoms with Gasteiger partial charge in [-0.15, -0.1) is 0 Å². The van der Waals surface area contributed by atoms with E-state index in [9.17, 15) is 27.2 Å². The fraction of sp³-hybridized carbons (Fsp3) is 0.111. The number of carbonyl (C=O) groups excluding carboxylic acids is 2. The van der Waals surface area contributed by atoms with Crippen LogP contribution in [-0.4, -0.2) is 23.3 Å². The molecule has 2 aromatic rings. The van der Waals surface area contributed by atoms with Crippen LogP contribution >= 0.6 is 0 Å². The maximum Gasteiger partial charge on any atom is 0.419 e. The molecule has 25 heavy (non-hydrogen) atoms. The summed E-state index contributed by atoms with van der Waals surface area (Å²) in [4.78, 5) is 25.2. The molecule has 7 heteroatoms. The Kier molecular flexibility index (Phi) is 4.16. The molecule has 1 aliphatic heterocycles. The normalized spacial score (nSPS) is 14.5. The number of nitrogens with zero attached hydrogens (tertiary/aromatic N) is 1. The highest BCUT2D eigenvalue weighted by Crippen LogP contribution is 2.34. The summed E-state index contributed by atoms with van der Waals surface area (Å²) in [5, 5.41) is 0. The Hall–Kier alpha value is -2.96. The summed E-state index contributed by atoms with van der Waals surface area (Å²) in [5.41, 5.74) is -1.25. The molecule has 0 fully saturated rings. The molecule has 0 aliphatic carbocycles. The fourth-order valence-corrected chi connectivity index (χ4v) is 2.67. The number of fused-ring (bicyclic) bond motifs is 1. The van der Waals surface area contributed by atoms with Gasteiger partial charge in [0.1, 0.15) is 5.82 Å². The number of imide groups is 1. The van der Waals surface area contributed by atoms with E-state index in [1.54, 1.807) is 12.1 Å². The Bertz CT molecular complexity index is 852. The minimum atomic E-state index is -4.85. The number of benzene rings is 2. The summed E-state index contributed by atoms with van der Waals surface area (Å²) < 4.78 is 52.3. The second-order valence-electron chi connectivity index (χ2n) is 5.37. The molecule has 0 N–H and O–H groups in total. The third kappa shape index (κ3) is 3.05. The maximum atomic E-state index is 13.5. The maximum absolute atomic E-state index is 13.5. The van der Waals surface area contributed by atoms with Crippen molar-refractivity contribution < 1.29 is 27.2 Å². The molecule has 0 atom stereocenters. The first-order valence-electron chi connectivity index (χ1n) is 7.28. The van der Waals surface area contributed by atoms with E-state index in [2.05, 4.69) is 0 Å². The molecule has 2 amide bonds. The molecule has 128 valence electrons. The van der Waals surface area contributed by atoms with Crippen LogP contribution in [0, 0.1) is 5.82 Å². The molecule has 0 spiro atoms. The van der Waals surface area contributed by atoms with Crippen molar-refractivity contribution in [3.05, 3.63) is 76.6 Å². The average molecular weight is 349 g/mol. The second-order valence-corrected chi connectivity index (χ2v) is 5.37. The molecule has 0 saturated heterocycles. The standard InChI is InChI=1S/C18H11F4NO2/c19-14-9-3-5-11(15(14)18(20,21)22)6-4-10-23-16(24)12-7-1-2-8-13(12)17(23)25/h1-9H,10H2/b6-4+. The molecule has 3 rings (SSSR count). The molecule has 1 heterocycles. The lowest BCUT2D eigenvalue weighted by atomic mass is 10.1. The molecule has 0 bridgehead atoms. The topological polar surface area (TPSA) is 37.4 Å². The van der Waals surface area contributed by atoms with Crippen LogP contribution in [0.1, 0.15) is 31.8 Å². The highest BCUT2D eigenvalue weighted by atomic mass is 19.4. The van der Waals surface area contributed by atoms with Gasteiger partial charge >= 0.3 is 6.18 Å². The number of alkyl halides is 3. The van der Waals surface area contributed by atoms with Crippen LogP contribution in [0.25, 0.3) is 6.08 Å². The van der Waals surface area contributed by atoms with Crippen LogP contribution in [0.3, 0.4) is 0 Å². The van der Waals surface area contributed by atoms with Crippen LogP contribution in [0.15, 0.2) is 48.5 Å². The van der Waals surface area contributed by atoms with Crippen LogP contribution < -0.4 is 0 Å². The van der Waals surface area contributed by atoms with Gasteiger partial charge in [-0.1, -0.05) is 36.4 Å². The number of hydrogen-bond acceptors (Lipinski definition) is 2. The van der Waals surface area contributed by atoms with E-state index >= 15 is 0 Å². The van der Waals surface area contributed by atoms with E-state index in [1.807, 2.05) is 0 Å². The highest BCUT2D eigenvalue weighted by molar-refractivity contribution is 6.21. The number of halogens is 4. The SMILES string of the molecule is O=C1c2ccccc2C(=O)N1C/C=C/c1cccc(F)c1C(F)(F)F. The zero-order valence-electron chi connectivity index (χ0n) is 12.7. The largest absolute Gasteiger partial charge is 0.419 e. The highest BCUT2D eigenvalue weighted by Gasteiger charge is 2.36. The van der Waals surface area contributed by atoms with E-state index in [0.29, 0.717) is 0 Å². The smallest absolute Gasteiger partial charge is 0.270 e. The van der Waals surface area contributed by atoms with Crippen molar-refractivity contribution in [3.8, 4) is 0 Å². The van der Waals surface area contributed by atoms with Gasteiger partial charge in [0.05, 0.1) is 16.7 Å². The van der Waals surface area contributed by atoms with E-state index in [4.69, 9.17) is 0 Å². The van der Waals surface area contributed by atoms with Crippen molar-refractivity contribution in [2.75, 3.05) is 6.54 Å². The first-order chi connectivity index (χ1) is 11.8. The first kappa shape index (κ1) is 16.9. The molecular formula is C18H11F4NO2. The lowest BCUT2D eigenvalue weighted by Crippen LogP contribution is -2.29. The summed E-state index contributed by atoms with van der Waals surface area (Å²) >= 11 is 0. The second kappa shape index (κ2) is 6.16. The number of hydrogen-bond donors (Lipinski definition) is 0. The van der Waals surface area contributed by atoms with E-state index in [1.165, 1.54) is 18.2 Å². The Morgan fingerprint density at radius 3 is 2.08 bits per heavy atom. The lowest BCUT2D eigenvalue weighted by molar-refractivity contribution is -0.140. The third-order valence-electron chi connectivity index (χ3n) is 3.79. The van der Waals surface area contributed by atoms with Gasteiger partial charge in [0.25, 0.3) is 11.8 Å². The Morgan fingerprint density at radius 1 is 0.920 bits per heavy atom. The van der Waals surface area contributed by atoms with Gasteiger partial charge in [0, 0.05) is 6.54 Å². The van der Waals surface area contributed by atoms with Crippen molar-refractivity contribution in [2.45, 2.75) is 6.18 Å². The minimum absolute atomic E-state index is 0.208. The Morgan fingerprint density at radius 2 is 1.52 bits per heavy atom. The molecular weight excluding hydrogens is 338 g/mol. The van der Waals surface area contributed by atoms with Crippen molar-refractivity contribution >= 4 is 17.9 Å². The predicted molar refractivity (Wildman–Crippen MR) is 82.2 cm³/mol. The van der Waals surface area contributed by atoms with Crippen molar-refractivity contribution in [1.29, 1.82) is 0 Å². The number of amides is 2. The van der Waals surface area contributed by atoms with Gasteiger partial charge in [-0.2, -0.15) is 13.2 Å². The Labute approximate surface area is 140 Å². The molecule has 0 saturated carbocycles. The van der Waals surface area contributed by atoms with Crippen LogP contribution in [0.4, 0.5) is 17.6 Å². The summed E-state index contributed by atoms with van der Waals surface area (Å²) in [6.07, 6.45) is -2.57. The first-order valence-corrected chi connectivity index (χ1v) is 7.28. The zero-order valence-corrected chi connectivity index (χ0v) is 12.7.